The Morgan fingerprint density at radius 1 is 1.39 bits per heavy atom. The molecule has 0 aliphatic rings. The van der Waals surface area contributed by atoms with E-state index in [1.165, 1.54) is 10.9 Å². The fourth-order valence-corrected chi connectivity index (χ4v) is 1.40. The van der Waals surface area contributed by atoms with Crippen molar-refractivity contribution in [2.24, 2.45) is 0 Å². The van der Waals surface area contributed by atoms with Crippen LogP contribution in [0.1, 0.15) is 17.3 Å². The highest BCUT2D eigenvalue weighted by Crippen LogP contribution is 2.11. The van der Waals surface area contributed by atoms with Crippen molar-refractivity contribution in [1.29, 1.82) is 0 Å². The minimum absolute atomic E-state index is 0.338. The number of pyridine rings is 1. The van der Waals surface area contributed by atoms with Crippen LogP contribution in [-0.2, 0) is 4.74 Å². The second-order valence-corrected chi connectivity index (χ2v) is 3.45. The maximum atomic E-state index is 11.5. The fourth-order valence-electron chi connectivity index (χ4n) is 1.40. The first-order valence-corrected chi connectivity index (χ1v) is 5.46. The van der Waals surface area contributed by atoms with E-state index in [2.05, 4.69) is 10.1 Å². The Morgan fingerprint density at radius 3 is 2.83 bits per heavy atom. The fraction of sp³-hybridized carbons (Fsp3) is 0.250. The first-order chi connectivity index (χ1) is 8.74. The SMILES string of the molecule is CCOC(=O)c1cnn(-c2ccc(OC)cn2)c1. The molecule has 0 aromatic carbocycles. The second kappa shape index (κ2) is 5.31. The molecular weight excluding hydrogens is 234 g/mol. The van der Waals surface area contributed by atoms with Gasteiger partial charge in [-0.3, -0.25) is 0 Å². The number of hydrogen-bond acceptors (Lipinski definition) is 5. The molecule has 0 radical (unpaired) electrons. The molecule has 0 unspecified atom stereocenters. The van der Waals surface area contributed by atoms with Crippen molar-refractivity contribution in [2.75, 3.05) is 13.7 Å². The van der Waals surface area contributed by atoms with Gasteiger partial charge in [-0.2, -0.15) is 5.10 Å². The summed E-state index contributed by atoms with van der Waals surface area (Å²) in [6.45, 7) is 2.10. The van der Waals surface area contributed by atoms with Crippen molar-refractivity contribution in [3.63, 3.8) is 0 Å². The molecule has 0 N–H and O–H groups in total. The third-order valence-electron chi connectivity index (χ3n) is 2.28. The predicted octanol–water partition coefficient (Wildman–Crippen LogP) is 1.45. The minimum atomic E-state index is -0.391. The predicted molar refractivity (Wildman–Crippen MR) is 63.9 cm³/mol. The number of carbonyl (C=O) groups is 1. The Labute approximate surface area is 104 Å². The summed E-state index contributed by atoms with van der Waals surface area (Å²) in [5.74, 6) is 0.875. The van der Waals surface area contributed by atoms with E-state index < -0.39 is 5.97 Å². The van der Waals surface area contributed by atoms with Crippen molar-refractivity contribution in [2.45, 2.75) is 6.92 Å². The normalized spacial score (nSPS) is 10.1. The van der Waals surface area contributed by atoms with Gasteiger partial charge in [-0.25, -0.2) is 14.5 Å². The van der Waals surface area contributed by atoms with Gasteiger partial charge in [0.05, 0.1) is 31.7 Å². The lowest BCUT2D eigenvalue weighted by Crippen LogP contribution is -2.03. The summed E-state index contributed by atoms with van der Waals surface area (Å²) in [6, 6.07) is 3.52. The van der Waals surface area contributed by atoms with Gasteiger partial charge in [0.2, 0.25) is 0 Å². The lowest BCUT2D eigenvalue weighted by atomic mass is 10.4. The zero-order chi connectivity index (χ0) is 13.0. The molecular formula is C12H13N3O3. The van der Waals surface area contributed by atoms with E-state index in [0.29, 0.717) is 23.7 Å². The number of ether oxygens (including phenoxy) is 2. The number of hydrogen-bond donors (Lipinski definition) is 0. The highest BCUT2D eigenvalue weighted by molar-refractivity contribution is 5.88. The molecule has 0 aliphatic heterocycles. The maximum Gasteiger partial charge on any atom is 0.341 e. The summed E-state index contributed by atoms with van der Waals surface area (Å²) in [5, 5.41) is 4.06. The third kappa shape index (κ3) is 2.48. The summed E-state index contributed by atoms with van der Waals surface area (Å²) in [5.41, 5.74) is 0.398. The Kier molecular flexibility index (Phi) is 3.57. The molecule has 0 aliphatic carbocycles. The number of nitrogens with zero attached hydrogens (tertiary/aromatic N) is 3. The quantitative estimate of drug-likeness (QED) is 0.765. The number of aromatic nitrogens is 3. The van der Waals surface area contributed by atoms with Crippen LogP contribution in [0.5, 0.6) is 5.75 Å². The van der Waals surface area contributed by atoms with E-state index >= 15 is 0 Å². The molecule has 0 saturated heterocycles. The van der Waals surface area contributed by atoms with Crippen LogP contribution in [0.2, 0.25) is 0 Å². The summed E-state index contributed by atoms with van der Waals surface area (Å²) in [6.07, 6.45) is 4.61. The second-order valence-electron chi connectivity index (χ2n) is 3.45. The van der Waals surface area contributed by atoms with Crippen LogP contribution in [0.4, 0.5) is 0 Å². The molecule has 6 heteroatoms. The average Bonchev–Trinajstić information content (AvgIpc) is 2.89. The third-order valence-corrected chi connectivity index (χ3v) is 2.28. The molecule has 2 aromatic rings. The minimum Gasteiger partial charge on any atom is -0.495 e. The molecule has 0 saturated carbocycles. The summed E-state index contributed by atoms with van der Waals surface area (Å²) < 4.78 is 11.4. The van der Waals surface area contributed by atoms with E-state index in [9.17, 15) is 4.79 Å². The Morgan fingerprint density at radius 2 is 2.22 bits per heavy atom. The van der Waals surface area contributed by atoms with Gasteiger partial charge in [-0.15, -0.1) is 0 Å². The van der Waals surface area contributed by atoms with E-state index in [1.807, 2.05) is 0 Å². The molecule has 2 aromatic heterocycles. The van der Waals surface area contributed by atoms with E-state index in [-0.39, 0.29) is 0 Å². The van der Waals surface area contributed by atoms with Crippen molar-refractivity contribution < 1.29 is 14.3 Å². The molecule has 0 atom stereocenters. The molecule has 18 heavy (non-hydrogen) atoms. The number of rotatable bonds is 4. The van der Waals surface area contributed by atoms with Crippen molar-refractivity contribution >= 4 is 5.97 Å². The molecule has 0 fully saturated rings. The van der Waals surface area contributed by atoms with Crippen LogP contribution in [0.25, 0.3) is 5.82 Å². The van der Waals surface area contributed by atoms with E-state index in [0.717, 1.165) is 0 Å². The molecule has 6 nitrogen and oxygen atoms in total. The van der Waals surface area contributed by atoms with Crippen LogP contribution < -0.4 is 4.74 Å². The first-order valence-electron chi connectivity index (χ1n) is 5.46. The lowest BCUT2D eigenvalue weighted by Gasteiger charge is -2.01. The smallest absolute Gasteiger partial charge is 0.341 e. The van der Waals surface area contributed by atoms with Gasteiger partial charge >= 0.3 is 5.97 Å². The largest absolute Gasteiger partial charge is 0.495 e. The van der Waals surface area contributed by atoms with Gasteiger partial charge in [0.25, 0.3) is 0 Å². The standard InChI is InChI=1S/C12H13N3O3/c1-3-18-12(16)9-6-14-15(8-9)11-5-4-10(17-2)7-13-11/h4-8H,3H2,1-2H3. The number of methoxy groups -OCH3 is 1. The van der Waals surface area contributed by atoms with Gasteiger partial charge in [-0.1, -0.05) is 0 Å². The van der Waals surface area contributed by atoms with Crippen LogP contribution >= 0.6 is 0 Å². The Balaban J connectivity index is 2.20. The van der Waals surface area contributed by atoms with Gasteiger partial charge in [0, 0.05) is 6.20 Å². The van der Waals surface area contributed by atoms with Gasteiger partial charge in [0.15, 0.2) is 5.82 Å². The molecule has 94 valence electrons. The van der Waals surface area contributed by atoms with Crippen molar-refractivity contribution in [1.82, 2.24) is 14.8 Å². The van der Waals surface area contributed by atoms with Gasteiger partial charge in [0.1, 0.15) is 5.75 Å². The zero-order valence-electron chi connectivity index (χ0n) is 10.2. The highest BCUT2D eigenvalue weighted by atomic mass is 16.5. The highest BCUT2D eigenvalue weighted by Gasteiger charge is 2.10. The summed E-state index contributed by atoms with van der Waals surface area (Å²) in [4.78, 5) is 15.6. The van der Waals surface area contributed by atoms with Crippen LogP contribution in [0, 0.1) is 0 Å². The van der Waals surface area contributed by atoms with Crippen molar-refractivity contribution in [3.8, 4) is 11.6 Å². The van der Waals surface area contributed by atoms with Gasteiger partial charge < -0.3 is 9.47 Å². The zero-order valence-corrected chi connectivity index (χ0v) is 10.2. The molecule has 0 amide bonds. The number of esters is 1. The lowest BCUT2D eigenvalue weighted by molar-refractivity contribution is 0.0526. The molecule has 0 bridgehead atoms. The van der Waals surface area contributed by atoms with E-state index in [4.69, 9.17) is 9.47 Å². The monoisotopic (exact) mass is 247 g/mol. The van der Waals surface area contributed by atoms with Crippen LogP contribution in [0.15, 0.2) is 30.7 Å². The van der Waals surface area contributed by atoms with Gasteiger partial charge in [-0.05, 0) is 19.1 Å². The Bertz CT molecular complexity index is 534. The average molecular weight is 247 g/mol. The van der Waals surface area contributed by atoms with Crippen LogP contribution in [0.3, 0.4) is 0 Å². The first kappa shape index (κ1) is 12.1. The summed E-state index contributed by atoms with van der Waals surface area (Å²) >= 11 is 0. The van der Waals surface area contributed by atoms with E-state index in [1.54, 1.807) is 38.6 Å². The van der Waals surface area contributed by atoms with Crippen molar-refractivity contribution in [3.05, 3.63) is 36.3 Å². The molecule has 2 heterocycles. The summed E-state index contributed by atoms with van der Waals surface area (Å²) in [7, 11) is 1.57. The topological polar surface area (TPSA) is 66.2 Å². The Hall–Kier alpha value is -2.37. The molecule has 0 spiro atoms. The number of carbonyl (C=O) groups excluding carboxylic acids is 1. The maximum absolute atomic E-state index is 11.5. The van der Waals surface area contributed by atoms with Crippen LogP contribution in [-0.4, -0.2) is 34.5 Å². The molecule has 2 rings (SSSR count).